The number of aromatic nitrogens is 3. The number of nitrogens with one attached hydrogen (secondary N) is 1. The summed E-state index contributed by atoms with van der Waals surface area (Å²) in [5.41, 5.74) is 5.11. The number of fused-ring (bicyclic) bond motifs is 1. The number of halogens is 1. The van der Waals surface area contributed by atoms with Gasteiger partial charge < -0.3 is 9.88 Å². The van der Waals surface area contributed by atoms with E-state index in [1.807, 2.05) is 56.6 Å². The van der Waals surface area contributed by atoms with Crippen LogP contribution in [0, 0.1) is 12.7 Å². The van der Waals surface area contributed by atoms with Crippen molar-refractivity contribution in [1.29, 1.82) is 0 Å². The minimum atomic E-state index is -0.239. The van der Waals surface area contributed by atoms with Gasteiger partial charge in [-0.1, -0.05) is 42.5 Å². The molecule has 2 aromatic heterocycles. The Morgan fingerprint density at radius 3 is 2.42 bits per heavy atom. The first kappa shape index (κ1) is 19.0. The second-order valence-corrected chi connectivity index (χ2v) is 7.52. The van der Waals surface area contributed by atoms with Crippen molar-refractivity contribution in [1.82, 2.24) is 14.5 Å². The standard InChI is InChI=1S/C26H21FN4/c1-17-29-16-25(31(17)2)19-5-3-6-21(15-19)30-26-24-8-4-7-22(23(24)13-14-28-26)18-9-11-20(27)12-10-18/h3-16H,1-2H3,(H,28,30). The zero-order valence-electron chi connectivity index (χ0n) is 17.3. The van der Waals surface area contributed by atoms with Crippen LogP contribution >= 0.6 is 0 Å². The lowest BCUT2D eigenvalue weighted by molar-refractivity contribution is 0.628. The highest BCUT2D eigenvalue weighted by atomic mass is 19.1. The molecule has 0 amide bonds. The first-order valence-electron chi connectivity index (χ1n) is 10.1. The Labute approximate surface area is 180 Å². The number of rotatable bonds is 4. The monoisotopic (exact) mass is 408 g/mol. The summed E-state index contributed by atoms with van der Waals surface area (Å²) in [7, 11) is 2.01. The zero-order valence-corrected chi connectivity index (χ0v) is 17.3. The van der Waals surface area contributed by atoms with E-state index in [1.54, 1.807) is 18.3 Å². The Kier molecular flexibility index (Phi) is 4.71. The highest BCUT2D eigenvalue weighted by molar-refractivity contribution is 6.02. The summed E-state index contributed by atoms with van der Waals surface area (Å²) in [5.74, 6) is 1.51. The first-order valence-corrected chi connectivity index (χ1v) is 10.1. The van der Waals surface area contributed by atoms with Gasteiger partial charge in [0.15, 0.2) is 0 Å². The molecule has 0 saturated heterocycles. The van der Waals surface area contributed by atoms with Crippen LogP contribution in [0.2, 0.25) is 0 Å². The Bertz CT molecular complexity index is 1390. The molecule has 4 nitrogen and oxygen atoms in total. The average molecular weight is 408 g/mol. The summed E-state index contributed by atoms with van der Waals surface area (Å²) in [4.78, 5) is 8.98. The van der Waals surface area contributed by atoms with Gasteiger partial charge in [0.1, 0.15) is 17.5 Å². The molecule has 0 aliphatic carbocycles. The molecule has 0 saturated carbocycles. The molecule has 0 aliphatic rings. The molecule has 0 atom stereocenters. The van der Waals surface area contributed by atoms with Crippen LogP contribution in [0.25, 0.3) is 33.2 Å². The van der Waals surface area contributed by atoms with Crippen LogP contribution < -0.4 is 5.32 Å². The van der Waals surface area contributed by atoms with Crippen LogP contribution in [-0.4, -0.2) is 14.5 Å². The van der Waals surface area contributed by atoms with Crippen molar-refractivity contribution in [2.24, 2.45) is 7.05 Å². The van der Waals surface area contributed by atoms with Gasteiger partial charge in [-0.25, -0.2) is 14.4 Å². The van der Waals surface area contributed by atoms with E-state index in [2.05, 4.69) is 32.0 Å². The lowest BCUT2D eigenvalue weighted by atomic mass is 9.99. The molecular formula is C26H21FN4. The van der Waals surface area contributed by atoms with Crippen molar-refractivity contribution < 1.29 is 4.39 Å². The van der Waals surface area contributed by atoms with Gasteiger partial charge in [0.05, 0.1) is 11.9 Å². The van der Waals surface area contributed by atoms with Crippen LogP contribution in [0.3, 0.4) is 0 Å². The van der Waals surface area contributed by atoms with Gasteiger partial charge in [0.2, 0.25) is 0 Å². The molecule has 1 N–H and O–H groups in total. The molecule has 2 heterocycles. The molecule has 0 aliphatic heterocycles. The van der Waals surface area contributed by atoms with Gasteiger partial charge in [-0.3, -0.25) is 0 Å². The molecule has 31 heavy (non-hydrogen) atoms. The summed E-state index contributed by atoms with van der Waals surface area (Å²) >= 11 is 0. The van der Waals surface area contributed by atoms with Crippen LogP contribution in [-0.2, 0) is 7.05 Å². The van der Waals surface area contributed by atoms with E-state index >= 15 is 0 Å². The van der Waals surface area contributed by atoms with Crippen molar-refractivity contribution in [2.75, 3.05) is 5.32 Å². The number of anilines is 2. The fourth-order valence-corrected chi connectivity index (χ4v) is 3.85. The maximum Gasteiger partial charge on any atom is 0.138 e. The molecule has 0 radical (unpaired) electrons. The SMILES string of the molecule is Cc1ncc(-c2cccc(Nc3nccc4c(-c5ccc(F)cc5)cccc34)c2)n1C. The second-order valence-electron chi connectivity index (χ2n) is 7.52. The van der Waals surface area contributed by atoms with Gasteiger partial charge in [0.25, 0.3) is 0 Å². The van der Waals surface area contributed by atoms with Crippen LogP contribution in [0.1, 0.15) is 5.82 Å². The molecule has 0 spiro atoms. The molecule has 3 aromatic carbocycles. The summed E-state index contributed by atoms with van der Waals surface area (Å²) in [6.45, 7) is 1.99. The fourth-order valence-electron chi connectivity index (χ4n) is 3.85. The average Bonchev–Trinajstić information content (AvgIpc) is 3.13. The van der Waals surface area contributed by atoms with Crippen LogP contribution in [0.15, 0.2) is 85.2 Å². The molecule has 5 rings (SSSR count). The Balaban J connectivity index is 1.55. The molecule has 0 unspecified atom stereocenters. The number of hydrogen-bond donors (Lipinski definition) is 1. The predicted molar refractivity (Wildman–Crippen MR) is 124 cm³/mol. The van der Waals surface area contributed by atoms with Gasteiger partial charge in [-0.2, -0.15) is 0 Å². The highest BCUT2D eigenvalue weighted by Gasteiger charge is 2.10. The lowest BCUT2D eigenvalue weighted by Gasteiger charge is -2.13. The fraction of sp³-hybridized carbons (Fsp3) is 0.0769. The van der Waals surface area contributed by atoms with Gasteiger partial charge in [0, 0.05) is 29.9 Å². The maximum atomic E-state index is 13.4. The van der Waals surface area contributed by atoms with Crippen molar-refractivity contribution >= 4 is 22.3 Å². The van der Waals surface area contributed by atoms with Gasteiger partial charge in [-0.15, -0.1) is 0 Å². The molecule has 5 aromatic rings. The third-order valence-corrected chi connectivity index (χ3v) is 5.60. The quantitative estimate of drug-likeness (QED) is 0.369. The first-order chi connectivity index (χ1) is 15.1. The van der Waals surface area contributed by atoms with Crippen molar-refractivity contribution in [3.63, 3.8) is 0 Å². The highest BCUT2D eigenvalue weighted by Crippen LogP contribution is 2.33. The molecule has 152 valence electrons. The normalized spacial score (nSPS) is 11.1. The lowest BCUT2D eigenvalue weighted by Crippen LogP contribution is -1.97. The summed E-state index contributed by atoms with van der Waals surface area (Å²) in [5, 5.41) is 5.54. The number of benzene rings is 3. The minimum absolute atomic E-state index is 0.239. The predicted octanol–water partition coefficient (Wildman–Crippen LogP) is 6.49. The van der Waals surface area contributed by atoms with Gasteiger partial charge in [-0.05, 0) is 53.8 Å². The molecule has 0 fully saturated rings. The number of imidazole rings is 1. The molecule has 0 bridgehead atoms. The number of pyridine rings is 1. The van der Waals surface area contributed by atoms with Gasteiger partial charge >= 0.3 is 0 Å². The Morgan fingerprint density at radius 2 is 1.65 bits per heavy atom. The number of nitrogens with zero attached hydrogens (tertiary/aromatic N) is 3. The van der Waals surface area contributed by atoms with E-state index in [0.717, 1.165) is 50.5 Å². The van der Waals surface area contributed by atoms with Crippen LogP contribution in [0.5, 0.6) is 0 Å². The van der Waals surface area contributed by atoms with Crippen molar-refractivity contribution in [3.05, 3.63) is 96.8 Å². The molecular weight excluding hydrogens is 387 g/mol. The van der Waals surface area contributed by atoms with Crippen molar-refractivity contribution in [2.45, 2.75) is 6.92 Å². The summed E-state index contributed by atoms with van der Waals surface area (Å²) in [6.07, 6.45) is 3.69. The third-order valence-electron chi connectivity index (χ3n) is 5.60. The minimum Gasteiger partial charge on any atom is -0.340 e. The maximum absolute atomic E-state index is 13.4. The van der Waals surface area contributed by atoms with E-state index in [0.29, 0.717) is 0 Å². The Morgan fingerprint density at radius 1 is 0.839 bits per heavy atom. The smallest absolute Gasteiger partial charge is 0.138 e. The van der Waals surface area contributed by atoms with Crippen LogP contribution in [0.4, 0.5) is 15.9 Å². The molecule has 5 heteroatoms. The summed E-state index contributed by atoms with van der Waals surface area (Å²) < 4.78 is 15.5. The number of hydrogen-bond acceptors (Lipinski definition) is 3. The van der Waals surface area contributed by atoms with E-state index in [9.17, 15) is 4.39 Å². The number of aryl methyl sites for hydroxylation is 1. The van der Waals surface area contributed by atoms with E-state index < -0.39 is 0 Å². The topological polar surface area (TPSA) is 42.7 Å². The summed E-state index contributed by atoms with van der Waals surface area (Å²) in [6, 6.07) is 22.9. The van der Waals surface area contributed by atoms with E-state index in [-0.39, 0.29) is 5.82 Å². The second kappa shape index (κ2) is 7.69. The van der Waals surface area contributed by atoms with Crippen molar-refractivity contribution in [3.8, 4) is 22.4 Å². The third kappa shape index (κ3) is 3.55. The Hall–Kier alpha value is -3.99. The largest absolute Gasteiger partial charge is 0.340 e. The van der Waals surface area contributed by atoms with E-state index in [1.165, 1.54) is 12.1 Å². The zero-order chi connectivity index (χ0) is 21.4. The van der Waals surface area contributed by atoms with E-state index in [4.69, 9.17) is 0 Å².